The maximum atomic E-state index is 12.9. The zero-order valence-corrected chi connectivity index (χ0v) is 13.7. The Kier molecular flexibility index (Phi) is 5.77. The van der Waals surface area contributed by atoms with E-state index in [1.807, 2.05) is 24.4 Å². The molecule has 1 aliphatic rings. The monoisotopic (exact) mass is 321 g/mol. The molecule has 120 valence electrons. The number of hydrogen-bond acceptors (Lipinski definition) is 3. The van der Waals surface area contributed by atoms with Gasteiger partial charge in [-0.25, -0.2) is 4.79 Å². The molecule has 1 aromatic rings. The van der Waals surface area contributed by atoms with E-state index in [9.17, 15) is 14.7 Å². The predicted octanol–water partition coefficient (Wildman–Crippen LogP) is 3.49. The summed E-state index contributed by atoms with van der Waals surface area (Å²) in [4.78, 5) is 25.3. The van der Waals surface area contributed by atoms with Crippen LogP contribution >= 0.6 is 11.3 Å². The van der Waals surface area contributed by atoms with Crippen LogP contribution in [-0.2, 0) is 15.0 Å². The van der Waals surface area contributed by atoms with Crippen molar-refractivity contribution < 1.29 is 14.7 Å². The van der Waals surface area contributed by atoms with Gasteiger partial charge < -0.3 is 10.4 Å². The van der Waals surface area contributed by atoms with Gasteiger partial charge in [0.1, 0.15) is 6.04 Å². The Hall–Kier alpha value is -1.62. The molecule has 1 aromatic heterocycles. The molecule has 1 atom stereocenters. The topological polar surface area (TPSA) is 66.4 Å². The lowest BCUT2D eigenvalue weighted by atomic mass is 9.72. The van der Waals surface area contributed by atoms with Gasteiger partial charge in [-0.05, 0) is 37.6 Å². The number of aliphatic carboxylic acids is 1. The van der Waals surface area contributed by atoms with Crippen LogP contribution in [0.2, 0.25) is 0 Å². The highest BCUT2D eigenvalue weighted by Gasteiger charge is 2.43. The molecule has 4 nitrogen and oxygen atoms in total. The van der Waals surface area contributed by atoms with Gasteiger partial charge in [0.2, 0.25) is 5.91 Å². The molecule has 0 aliphatic heterocycles. The maximum absolute atomic E-state index is 12.9. The van der Waals surface area contributed by atoms with Gasteiger partial charge in [-0.15, -0.1) is 11.3 Å². The van der Waals surface area contributed by atoms with E-state index in [1.165, 1.54) is 0 Å². The molecule has 0 spiro atoms. The van der Waals surface area contributed by atoms with Crippen molar-refractivity contribution in [2.45, 2.75) is 56.9 Å². The normalized spacial score (nSPS) is 19.0. The van der Waals surface area contributed by atoms with Gasteiger partial charge in [0, 0.05) is 4.88 Å². The average molecular weight is 321 g/mol. The number of amides is 1. The van der Waals surface area contributed by atoms with E-state index < -0.39 is 17.4 Å². The highest BCUT2D eigenvalue weighted by molar-refractivity contribution is 7.10. The molecular formula is C17H23NO3S. The molecular weight excluding hydrogens is 298 g/mol. The molecule has 1 amide bonds. The van der Waals surface area contributed by atoms with Crippen LogP contribution in [0, 0.1) is 0 Å². The molecule has 0 saturated heterocycles. The fraction of sp³-hybridized carbons (Fsp3) is 0.529. The quantitative estimate of drug-likeness (QED) is 0.788. The first kappa shape index (κ1) is 16.7. The van der Waals surface area contributed by atoms with Crippen molar-refractivity contribution >= 4 is 23.2 Å². The first-order valence-corrected chi connectivity index (χ1v) is 8.67. The highest BCUT2D eigenvalue weighted by Crippen LogP contribution is 2.41. The number of carbonyl (C=O) groups is 2. The van der Waals surface area contributed by atoms with Gasteiger partial charge in [0.05, 0.1) is 5.41 Å². The minimum absolute atomic E-state index is 0.133. The SMILES string of the molecule is C/C=C/CC(NC(=O)C1(c2cccs2)CCCCC1)C(=O)O. The Balaban J connectivity index is 2.20. The maximum Gasteiger partial charge on any atom is 0.326 e. The van der Waals surface area contributed by atoms with Gasteiger partial charge in [0.25, 0.3) is 0 Å². The van der Waals surface area contributed by atoms with Crippen LogP contribution in [0.5, 0.6) is 0 Å². The lowest BCUT2D eigenvalue weighted by Gasteiger charge is -2.36. The van der Waals surface area contributed by atoms with Gasteiger partial charge in [-0.3, -0.25) is 4.79 Å². The Bertz CT molecular complexity index is 530. The van der Waals surface area contributed by atoms with Crippen LogP contribution in [0.1, 0.15) is 50.3 Å². The Morgan fingerprint density at radius 1 is 1.41 bits per heavy atom. The summed E-state index contributed by atoms with van der Waals surface area (Å²) < 4.78 is 0. The number of nitrogens with one attached hydrogen (secondary N) is 1. The molecule has 5 heteroatoms. The zero-order chi connectivity index (χ0) is 16.0. The van der Waals surface area contributed by atoms with Gasteiger partial charge >= 0.3 is 5.97 Å². The van der Waals surface area contributed by atoms with Crippen LogP contribution in [0.4, 0.5) is 0 Å². The molecule has 1 saturated carbocycles. The molecule has 1 fully saturated rings. The lowest BCUT2D eigenvalue weighted by Crippen LogP contribution is -2.51. The number of rotatable bonds is 6. The number of allylic oxidation sites excluding steroid dienone is 1. The summed E-state index contributed by atoms with van der Waals surface area (Å²) in [5.74, 6) is -1.12. The number of carbonyl (C=O) groups excluding carboxylic acids is 1. The summed E-state index contributed by atoms with van der Waals surface area (Å²) >= 11 is 1.59. The summed E-state index contributed by atoms with van der Waals surface area (Å²) in [5, 5.41) is 14.1. The fourth-order valence-corrected chi connectivity index (χ4v) is 4.06. The number of carboxylic acids is 1. The third-order valence-corrected chi connectivity index (χ3v) is 5.42. The molecule has 22 heavy (non-hydrogen) atoms. The second-order valence-electron chi connectivity index (χ2n) is 5.79. The van der Waals surface area contributed by atoms with Crippen molar-refractivity contribution in [3.8, 4) is 0 Å². The third-order valence-electron chi connectivity index (χ3n) is 4.35. The van der Waals surface area contributed by atoms with E-state index in [2.05, 4.69) is 5.32 Å². The first-order valence-electron chi connectivity index (χ1n) is 7.79. The van der Waals surface area contributed by atoms with Crippen LogP contribution in [0.25, 0.3) is 0 Å². The second-order valence-corrected chi connectivity index (χ2v) is 6.74. The molecule has 1 unspecified atom stereocenters. The minimum Gasteiger partial charge on any atom is -0.480 e. The first-order chi connectivity index (χ1) is 10.6. The second kappa shape index (κ2) is 7.58. The average Bonchev–Trinajstić information content (AvgIpc) is 3.06. The predicted molar refractivity (Wildman–Crippen MR) is 88.1 cm³/mol. The summed E-state index contributed by atoms with van der Waals surface area (Å²) in [7, 11) is 0. The van der Waals surface area contributed by atoms with E-state index in [0.29, 0.717) is 6.42 Å². The van der Waals surface area contributed by atoms with Crippen molar-refractivity contribution in [2.24, 2.45) is 0 Å². The lowest BCUT2D eigenvalue weighted by molar-refractivity contribution is -0.143. The van der Waals surface area contributed by atoms with E-state index in [1.54, 1.807) is 23.5 Å². The fourth-order valence-electron chi connectivity index (χ4n) is 3.08. The Labute approximate surface area is 135 Å². The smallest absolute Gasteiger partial charge is 0.326 e. The highest BCUT2D eigenvalue weighted by atomic mass is 32.1. The molecule has 0 bridgehead atoms. The van der Waals surface area contributed by atoms with Gasteiger partial charge in [-0.1, -0.05) is 37.5 Å². The van der Waals surface area contributed by atoms with Crippen LogP contribution < -0.4 is 5.32 Å². The van der Waals surface area contributed by atoms with E-state index in [0.717, 1.165) is 37.0 Å². The van der Waals surface area contributed by atoms with Crippen molar-refractivity contribution in [3.63, 3.8) is 0 Å². The Morgan fingerprint density at radius 3 is 2.68 bits per heavy atom. The summed E-state index contributed by atoms with van der Waals surface area (Å²) in [6, 6.07) is 3.09. The van der Waals surface area contributed by atoms with Crippen LogP contribution in [0.3, 0.4) is 0 Å². The van der Waals surface area contributed by atoms with Gasteiger partial charge in [0.15, 0.2) is 0 Å². The van der Waals surface area contributed by atoms with E-state index in [-0.39, 0.29) is 5.91 Å². The molecule has 0 radical (unpaired) electrons. The van der Waals surface area contributed by atoms with E-state index >= 15 is 0 Å². The van der Waals surface area contributed by atoms with E-state index in [4.69, 9.17) is 0 Å². The summed E-state index contributed by atoms with van der Waals surface area (Å²) in [5.41, 5.74) is -0.546. The molecule has 1 aliphatic carbocycles. The molecule has 0 aromatic carbocycles. The minimum atomic E-state index is -0.983. The molecule has 2 N–H and O–H groups in total. The molecule has 1 heterocycles. The standard InChI is InChI=1S/C17H23NO3S/c1-2-3-8-13(15(19)20)18-16(21)17(10-5-4-6-11-17)14-9-7-12-22-14/h2-3,7,9,12-13H,4-6,8,10-11H2,1H3,(H,18,21)(H,19,20)/b3-2+. The van der Waals surface area contributed by atoms with Crippen LogP contribution in [-0.4, -0.2) is 23.0 Å². The summed E-state index contributed by atoms with van der Waals surface area (Å²) in [6.07, 6.45) is 8.66. The van der Waals surface area contributed by atoms with Crippen molar-refractivity contribution in [1.82, 2.24) is 5.32 Å². The number of thiophene rings is 1. The van der Waals surface area contributed by atoms with Gasteiger partial charge in [-0.2, -0.15) is 0 Å². The molecule has 2 rings (SSSR count). The van der Waals surface area contributed by atoms with Crippen molar-refractivity contribution in [3.05, 3.63) is 34.5 Å². The number of hydrogen-bond donors (Lipinski definition) is 2. The third kappa shape index (κ3) is 3.58. The van der Waals surface area contributed by atoms with Crippen molar-refractivity contribution in [1.29, 1.82) is 0 Å². The largest absolute Gasteiger partial charge is 0.480 e. The summed E-state index contributed by atoms with van der Waals surface area (Å²) in [6.45, 7) is 1.84. The van der Waals surface area contributed by atoms with Crippen molar-refractivity contribution in [2.75, 3.05) is 0 Å². The van der Waals surface area contributed by atoms with Crippen LogP contribution in [0.15, 0.2) is 29.7 Å². The Morgan fingerprint density at radius 2 is 2.14 bits per heavy atom. The number of carboxylic acid groups (broad SMARTS) is 1. The zero-order valence-electron chi connectivity index (χ0n) is 12.9.